The fraction of sp³-hybridized carbons (Fsp3) is 0.500. The van der Waals surface area contributed by atoms with Crippen LogP contribution < -0.4 is 5.43 Å². The Labute approximate surface area is 148 Å². The molecule has 3 rings (SSSR count). The largest absolute Gasteiger partial charge is 0.378 e. The third-order valence-corrected chi connectivity index (χ3v) is 4.98. The average Bonchev–Trinajstić information content (AvgIpc) is 2.62. The van der Waals surface area contributed by atoms with E-state index in [9.17, 15) is 9.59 Å². The number of carbonyl (C=O) groups excluding carboxylic acids is 1. The number of carbonyl (C=O) groups is 1. The van der Waals surface area contributed by atoms with Gasteiger partial charge in [-0.15, -0.1) is 0 Å². The molecule has 1 aromatic heterocycles. The molecule has 134 valence electrons. The lowest BCUT2D eigenvalue weighted by molar-refractivity contribution is 0.00708. The highest BCUT2D eigenvalue weighted by Crippen LogP contribution is 2.17. The van der Waals surface area contributed by atoms with Crippen molar-refractivity contribution in [3.8, 4) is 0 Å². The molecule has 0 spiro atoms. The average molecular weight is 342 g/mol. The molecule has 0 radical (unpaired) electrons. The van der Waals surface area contributed by atoms with Gasteiger partial charge in [-0.1, -0.05) is 11.6 Å². The normalized spacial score (nSPS) is 17.6. The molecule has 1 amide bonds. The van der Waals surface area contributed by atoms with Crippen LogP contribution in [0.5, 0.6) is 0 Å². The summed E-state index contributed by atoms with van der Waals surface area (Å²) in [6.07, 6.45) is 6.06. The third-order valence-electron chi connectivity index (χ3n) is 4.98. The molecule has 0 bridgehead atoms. The number of hydrogen-bond donors (Lipinski definition) is 0. The van der Waals surface area contributed by atoms with E-state index in [0.717, 1.165) is 36.9 Å². The summed E-state index contributed by atoms with van der Waals surface area (Å²) in [6.45, 7) is 3.36. The summed E-state index contributed by atoms with van der Waals surface area (Å²) >= 11 is 0. The minimum Gasteiger partial charge on any atom is -0.378 e. The summed E-state index contributed by atoms with van der Waals surface area (Å²) in [7, 11) is 3.62. The number of rotatable bonds is 4. The van der Waals surface area contributed by atoms with E-state index in [1.54, 1.807) is 18.1 Å². The van der Waals surface area contributed by atoms with Crippen LogP contribution in [-0.4, -0.2) is 41.7 Å². The van der Waals surface area contributed by atoms with Crippen LogP contribution in [0.15, 0.2) is 29.2 Å². The van der Waals surface area contributed by atoms with Crippen LogP contribution in [0.4, 0.5) is 0 Å². The maximum Gasteiger partial charge on any atom is 0.259 e. The minimum absolute atomic E-state index is 0.192. The van der Waals surface area contributed by atoms with Crippen molar-refractivity contribution in [2.24, 2.45) is 7.05 Å². The van der Waals surface area contributed by atoms with Gasteiger partial charge in [-0.3, -0.25) is 9.59 Å². The molecule has 1 aliphatic heterocycles. The van der Waals surface area contributed by atoms with Gasteiger partial charge >= 0.3 is 0 Å². The Morgan fingerprint density at radius 1 is 1.36 bits per heavy atom. The lowest BCUT2D eigenvalue weighted by Crippen LogP contribution is -2.34. The summed E-state index contributed by atoms with van der Waals surface area (Å²) in [5, 5.41) is 0.595. The third kappa shape index (κ3) is 3.76. The van der Waals surface area contributed by atoms with Crippen LogP contribution >= 0.6 is 0 Å². The second-order valence-electron chi connectivity index (χ2n) is 7.01. The van der Waals surface area contributed by atoms with Gasteiger partial charge in [0.25, 0.3) is 5.91 Å². The Kier molecular flexibility index (Phi) is 5.23. The van der Waals surface area contributed by atoms with Gasteiger partial charge in [-0.05, 0) is 44.7 Å². The molecule has 0 unspecified atom stereocenters. The number of fused-ring (bicyclic) bond motifs is 1. The van der Waals surface area contributed by atoms with Crippen molar-refractivity contribution in [3.63, 3.8) is 0 Å². The smallest absolute Gasteiger partial charge is 0.259 e. The van der Waals surface area contributed by atoms with E-state index in [4.69, 9.17) is 4.74 Å². The predicted octanol–water partition coefficient (Wildman–Crippen LogP) is 2.88. The van der Waals surface area contributed by atoms with Gasteiger partial charge in [0.1, 0.15) is 5.56 Å². The number of amides is 1. The van der Waals surface area contributed by atoms with Crippen molar-refractivity contribution in [2.45, 2.75) is 38.7 Å². The second-order valence-corrected chi connectivity index (χ2v) is 7.01. The monoisotopic (exact) mass is 342 g/mol. The highest BCUT2D eigenvalue weighted by atomic mass is 16.5. The van der Waals surface area contributed by atoms with E-state index in [-0.39, 0.29) is 23.0 Å². The Bertz CT molecular complexity index is 835. The van der Waals surface area contributed by atoms with Gasteiger partial charge in [0, 0.05) is 38.8 Å². The van der Waals surface area contributed by atoms with Crippen molar-refractivity contribution in [1.82, 2.24) is 9.47 Å². The standard InChI is InChI=1S/C20H26N2O3/c1-14-7-8-18-16(12-14)19(23)17(13-22(18)3)20(24)21(2)10-9-15-6-4-5-11-25-15/h7-8,12-13,15H,4-6,9-11H2,1-3H3/t15-/m0/s1. The van der Waals surface area contributed by atoms with E-state index in [1.165, 1.54) is 6.42 Å². The molecule has 0 aliphatic carbocycles. The van der Waals surface area contributed by atoms with Gasteiger partial charge in [0.15, 0.2) is 0 Å². The Morgan fingerprint density at radius 3 is 2.88 bits per heavy atom. The Hall–Kier alpha value is -2.14. The highest BCUT2D eigenvalue weighted by molar-refractivity contribution is 5.97. The molecule has 0 saturated carbocycles. The summed E-state index contributed by atoms with van der Waals surface area (Å²) in [6, 6.07) is 5.74. The molecule has 1 aromatic carbocycles. The first-order chi connectivity index (χ1) is 12.0. The lowest BCUT2D eigenvalue weighted by Gasteiger charge is -2.25. The maximum absolute atomic E-state index is 12.8. The van der Waals surface area contributed by atoms with E-state index in [1.807, 2.05) is 36.7 Å². The van der Waals surface area contributed by atoms with Crippen molar-refractivity contribution >= 4 is 16.8 Å². The minimum atomic E-state index is -0.222. The molecule has 25 heavy (non-hydrogen) atoms. The SMILES string of the molecule is Cc1ccc2c(c1)c(=O)c(C(=O)N(C)CC[C@@H]1CCCCO1)cn2C. The zero-order valence-electron chi connectivity index (χ0n) is 15.2. The first-order valence-corrected chi connectivity index (χ1v) is 8.94. The second kappa shape index (κ2) is 7.40. The molecular weight excluding hydrogens is 316 g/mol. The molecule has 2 heterocycles. The summed E-state index contributed by atoms with van der Waals surface area (Å²) in [4.78, 5) is 27.2. The van der Waals surface area contributed by atoms with E-state index in [2.05, 4.69) is 0 Å². The Morgan fingerprint density at radius 2 is 2.16 bits per heavy atom. The number of pyridine rings is 1. The fourth-order valence-electron chi connectivity index (χ4n) is 3.44. The van der Waals surface area contributed by atoms with Crippen molar-refractivity contribution < 1.29 is 9.53 Å². The molecule has 1 atom stereocenters. The summed E-state index contributed by atoms with van der Waals surface area (Å²) < 4.78 is 7.57. The number of nitrogens with zero attached hydrogens (tertiary/aromatic N) is 2. The lowest BCUT2D eigenvalue weighted by atomic mass is 10.1. The van der Waals surface area contributed by atoms with Gasteiger partial charge in [-0.2, -0.15) is 0 Å². The molecular formula is C20H26N2O3. The predicted molar refractivity (Wildman–Crippen MR) is 99.1 cm³/mol. The van der Waals surface area contributed by atoms with Crippen molar-refractivity contribution in [2.75, 3.05) is 20.2 Å². The number of hydrogen-bond acceptors (Lipinski definition) is 3. The molecule has 5 heteroatoms. The van der Waals surface area contributed by atoms with Gasteiger partial charge in [0.2, 0.25) is 5.43 Å². The first-order valence-electron chi connectivity index (χ1n) is 8.94. The summed E-state index contributed by atoms with van der Waals surface area (Å²) in [5.41, 5.74) is 1.89. The van der Waals surface area contributed by atoms with Crippen LogP contribution in [-0.2, 0) is 11.8 Å². The van der Waals surface area contributed by atoms with Gasteiger partial charge in [0.05, 0.1) is 11.6 Å². The van der Waals surface area contributed by atoms with Crippen LogP contribution in [0.3, 0.4) is 0 Å². The van der Waals surface area contributed by atoms with Crippen LogP contribution in [0.25, 0.3) is 10.9 Å². The van der Waals surface area contributed by atoms with E-state index >= 15 is 0 Å². The molecule has 1 aliphatic rings. The molecule has 2 aromatic rings. The topological polar surface area (TPSA) is 51.5 Å². The first kappa shape index (κ1) is 17.7. The van der Waals surface area contributed by atoms with Crippen molar-refractivity contribution in [1.29, 1.82) is 0 Å². The Balaban J connectivity index is 1.81. The number of aromatic nitrogens is 1. The quantitative estimate of drug-likeness (QED) is 0.858. The molecule has 5 nitrogen and oxygen atoms in total. The van der Waals surface area contributed by atoms with Gasteiger partial charge in [-0.25, -0.2) is 0 Å². The van der Waals surface area contributed by atoms with Gasteiger partial charge < -0.3 is 14.2 Å². The molecule has 1 saturated heterocycles. The van der Waals surface area contributed by atoms with Crippen LogP contribution in [0, 0.1) is 6.92 Å². The number of ether oxygens (including phenoxy) is 1. The number of benzene rings is 1. The zero-order chi connectivity index (χ0) is 18.0. The summed E-state index contributed by atoms with van der Waals surface area (Å²) in [5.74, 6) is -0.222. The number of aryl methyl sites for hydroxylation is 2. The molecule has 0 N–H and O–H groups in total. The maximum atomic E-state index is 12.8. The van der Waals surface area contributed by atoms with Crippen LogP contribution in [0.1, 0.15) is 41.6 Å². The van der Waals surface area contributed by atoms with Crippen molar-refractivity contribution in [3.05, 3.63) is 45.7 Å². The highest BCUT2D eigenvalue weighted by Gasteiger charge is 2.20. The fourth-order valence-corrected chi connectivity index (χ4v) is 3.44. The molecule has 1 fully saturated rings. The zero-order valence-corrected chi connectivity index (χ0v) is 15.2. The van der Waals surface area contributed by atoms with E-state index in [0.29, 0.717) is 11.9 Å². The van der Waals surface area contributed by atoms with E-state index < -0.39 is 0 Å². The van der Waals surface area contributed by atoms with Crippen LogP contribution in [0.2, 0.25) is 0 Å².